The minimum absolute atomic E-state index is 0.175. The Hall–Kier alpha value is -1.92. The number of hydrogen-bond donors (Lipinski definition) is 4. The Bertz CT molecular complexity index is 887. The second-order valence-electron chi connectivity index (χ2n) is 11.7. The monoisotopic (exact) mass is 554 g/mol. The molecule has 0 aromatic heterocycles. The Labute approximate surface area is 245 Å². The molecule has 1 saturated heterocycles. The van der Waals surface area contributed by atoms with E-state index in [0.29, 0.717) is 17.8 Å². The highest BCUT2D eigenvalue weighted by Gasteiger charge is 2.30. The van der Waals surface area contributed by atoms with Crippen LogP contribution in [0.4, 0.5) is 0 Å². The predicted molar refractivity (Wildman–Crippen MR) is 170 cm³/mol. The number of aliphatic hydroxyl groups excluding tert-OH is 2. The number of ether oxygens (including phenoxy) is 1. The first-order valence-electron chi connectivity index (χ1n) is 15.8. The van der Waals surface area contributed by atoms with Crippen LogP contribution < -0.4 is 10.6 Å². The molecule has 0 radical (unpaired) electrons. The zero-order chi connectivity index (χ0) is 29.2. The molecule has 0 bridgehead atoms. The van der Waals surface area contributed by atoms with E-state index >= 15 is 0 Å². The molecule has 1 aliphatic carbocycles. The summed E-state index contributed by atoms with van der Waals surface area (Å²) >= 11 is 0. The van der Waals surface area contributed by atoms with Gasteiger partial charge in [-0.25, -0.2) is 0 Å². The summed E-state index contributed by atoms with van der Waals surface area (Å²) < 4.78 is 6.01. The highest BCUT2D eigenvalue weighted by molar-refractivity contribution is 5.41. The van der Waals surface area contributed by atoms with E-state index in [1.807, 2.05) is 25.2 Å². The average Bonchev–Trinajstić information content (AvgIpc) is 2.96. The van der Waals surface area contributed by atoms with Crippen LogP contribution in [0.5, 0.6) is 0 Å². The Kier molecular flexibility index (Phi) is 16.5. The van der Waals surface area contributed by atoms with Crippen molar-refractivity contribution in [1.29, 1.82) is 0 Å². The molecular formula is C35H58N2O3. The summed E-state index contributed by atoms with van der Waals surface area (Å²) in [6, 6.07) is 0. The largest absolute Gasteiger partial charge is 0.493 e. The molecule has 1 fully saturated rings. The molecule has 2 rings (SSSR count). The maximum Gasteiger partial charge on any atom is 0.111 e. The molecule has 4 atom stereocenters. The third kappa shape index (κ3) is 11.5. The van der Waals surface area contributed by atoms with E-state index in [9.17, 15) is 10.2 Å². The van der Waals surface area contributed by atoms with Crippen molar-refractivity contribution in [2.75, 3.05) is 39.4 Å². The van der Waals surface area contributed by atoms with Crippen LogP contribution in [-0.2, 0) is 4.74 Å². The van der Waals surface area contributed by atoms with Gasteiger partial charge < -0.3 is 25.6 Å². The van der Waals surface area contributed by atoms with Crippen molar-refractivity contribution in [2.24, 2.45) is 17.3 Å². The van der Waals surface area contributed by atoms with Crippen molar-refractivity contribution < 1.29 is 14.9 Å². The SMILES string of the molecule is C=C(/C=C\C(CC)\C(=C(CCCO)/C(C)=C/C=C\C)C1C=CC(O)CC1)OCCNCC1(CCC)CCCNC1. The van der Waals surface area contributed by atoms with Crippen LogP contribution >= 0.6 is 0 Å². The number of aliphatic hydroxyl groups is 2. The molecule has 0 aromatic carbocycles. The van der Waals surface area contributed by atoms with Gasteiger partial charge in [0.1, 0.15) is 12.4 Å². The minimum Gasteiger partial charge on any atom is -0.493 e. The summed E-state index contributed by atoms with van der Waals surface area (Å²) in [6.07, 6.45) is 23.6. The molecule has 0 spiro atoms. The maximum atomic E-state index is 10.1. The normalized spacial score (nSPS) is 25.4. The number of allylic oxidation sites excluding steroid dienone is 9. The van der Waals surface area contributed by atoms with E-state index in [4.69, 9.17) is 4.74 Å². The van der Waals surface area contributed by atoms with Gasteiger partial charge in [0.15, 0.2) is 0 Å². The molecule has 0 saturated carbocycles. The fourth-order valence-electron chi connectivity index (χ4n) is 6.31. The van der Waals surface area contributed by atoms with E-state index in [1.165, 1.54) is 42.4 Å². The second-order valence-corrected chi connectivity index (χ2v) is 11.7. The zero-order valence-electron chi connectivity index (χ0n) is 25.9. The summed E-state index contributed by atoms with van der Waals surface area (Å²) in [4.78, 5) is 0. The molecule has 5 heteroatoms. The lowest BCUT2D eigenvalue weighted by Crippen LogP contribution is -2.46. The predicted octanol–water partition coefficient (Wildman–Crippen LogP) is 6.78. The van der Waals surface area contributed by atoms with Gasteiger partial charge in [-0.05, 0) is 106 Å². The Morgan fingerprint density at radius 3 is 2.73 bits per heavy atom. The fraction of sp³-hybridized carbons (Fsp3) is 0.657. The molecule has 1 heterocycles. The number of nitrogens with one attached hydrogen (secondary N) is 2. The summed E-state index contributed by atoms with van der Waals surface area (Å²) in [6.45, 7) is 17.8. The maximum absolute atomic E-state index is 10.1. The molecule has 0 amide bonds. The first kappa shape index (κ1) is 34.3. The molecule has 226 valence electrons. The average molecular weight is 555 g/mol. The van der Waals surface area contributed by atoms with Crippen LogP contribution in [0.1, 0.15) is 85.5 Å². The van der Waals surface area contributed by atoms with Gasteiger partial charge in [0, 0.05) is 26.2 Å². The van der Waals surface area contributed by atoms with Crippen LogP contribution in [-0.4, -0.2) is 55.7 Å². The van der Waals surface area contributed by atoms with Crippen molar-refractivity contribution in [3.05, 3.63) is 71.6 Å². The Morgan fingerprint density at radius 2 is 2.10 bits per heavy atom. The van der Waals surface area contributed by atoms with Gasteiger partial charge in [0.25, 0.3) is 0 Å². The van der Waals surface area contributed by atoms with Crippen LogP contribution in [0.25, 0.3) is 0 Å². The number of piperidine rings is 1. The van der Waals surface area contributed by atoms with Gasteiger partial charge >= 0.3 is 0 Å². The lowest BCUT2D eigenvalue weighted by Gasteiger charge is -2.38. The third-order valence-electron chi connectivity index (χ3n) is 8.45. The Morgan fingerprint density at radius 1 is 1.27 bits per heavy atom. The van der Waals surface area contributed by atoms with Crippen molar-refractivity contribution >= 4 is 0 Å². The topological polar surface area (TPSA) is 73.8 Å². The standard InChI is InChI=1S/C35H58N2O3/c1-6-9-12-28(4)33(13-10-24-38)34(31-16-18-32(39)19-17-31)30(8-3)15-14-29(5)40-25-23-37-27-35(20-7-2)21-11-22-36-26-35/h6,9,12,14-16,18,30-32,36-39H,5,7-8,10-11,13,17,19-27H2,1-4H3/b9-6-,15-14-,28-12+,34-33+. The number of hydrogen-bond acceptors (Lipinski definition) is 5. The van der Waals surface area contributed by atoms with Crippen LogP contribution in [0.15, 0.2) is 71.6 Å². The van der Waals surface area contributed by atoms with Gasteiger partial charge in [-0.3, -0.25) is 0 Å². The van der Waals surface area contributed by atoms with Gasteiger partial charge in [-0.1, -0.05) is 68.9 Å². The molecule has 0 aromatic rings. The van der Waals surface area contributed by atoms with Gasteiger partial charge in [0.2, 0.25) is 0 Å². The summed E-state index contributed by atoms with van der Waals surface area (Å²) in [5.74, 6) is 1.18. The summed E-state index contributed by atoms with van der Waals surface area (Å²) in [5.41, 5.74) is 4.33. The van der Waals surface area contributed by atoms with Crippen molar-refractivity contribution in [3.8, 4) is 0 Å². The van der Waals surface area contributed by atoms with Crippen molar-refractivity contribution in [3.63, 3.8) is 0 Å². The molecule has 4 unspecified atom stereocenters. The van der Waals surface area contributed by atoms with Gasteiger partial charge in [0.05, 0.1) is 6.10 Å². The minimum atomic E-state index is -0.360. The highest BCUT2D eigenvalue weighted by Crippen LogP contribution is 2.38. The van der Waals surface area contributed by atoms with E-state index < -0.39 is 0 Å². The molecule has 40 heavy (non-hydrogen) atoms. The van der Waals surface area contributed by atoms with E-state index in [1.54, 1.807) is 0 Å². The van der Waals surface area contributed by atoms with Crippen LogP contribution in [0.3, 0.4) is 0 Å². The van der Waals surface area contributed by atoms with Gasteiger partial charge in [-0.15, -0.1) is 0 Å². The smallest absolute Gasteiger partial charge is 0.111 e. The lowest BCUT2D eigenvalue weighted by molar-refractivity contribution is 0.171. The van der Waals surface area contributed by atoms with Crippen LogP contribution in [0, 0.1) is 17.3 Å². The first-order chi connectivity index (χ1) is 19.4. The van der Waals surface area contributed by atoms with E-state index in [-0.39, 0.29) is 24.5 Å². The summed E-state index contributed by atoms with van der Waals surface area (Å²) in [5, 5.41) is 27.0. The Balaban J connectivity index is 2.11. The highest BCUT2D eigenvalue weighted by atomic mass is 16.5. The molecular weight excluding hydrogens is 496 g/mol. The third-order valence-corrected chi connectivity index (χ3v) is 8.45. The second kappa shape index (κ2) is 19.2. The number of rotatable bonds is 18. The zero-order valence-corrected chi connectivity index (χ0v) is 25.9. The quantitative estimate of drug-likeness (QED) is 0.0651. The molecule has 5 nitrogen and oxygen atoms in total. The molecule has 1 aliphatic heterocycles. The first-order valence-corrected chi connectivity index (χ1v) is 15.8. The van der Waals surface area contributed by atoms with Crippen LogP contribution in [0.2, 0.25) is 0 Å². The lowest BCUT2D eigenvalue weighted by atomic mass is 9.75. The summed E-state index contributed by atoms with van der Waals surface area (Å²) in [7, 11) is 0. The van der Waals surface area contributed by atoms with Crippen molar-refractivity contribution in [1.82, 2.24) is 10.6 Å². The molecule has 2 aliphatic rings. The molecule has 4 N–H and O–H groups in total. The van der Waals surface area contributed by atoms with Gasteiger partial charge in [-0.2, -0.15) is 0 Å². The van der Waals surface area contributed by atoms with E-state index in [0.717, 1.165) is 58.3 Å². The van der Waals surface area contributed by atoms with Crippen molar-refractivity contribution in [2.45, 2.75) is 91.6 Å². The van der Waals surface area contributed by atoms with E-state index in [2.05, 4.69) is 62.3 Å². The fourth-order valence-corrected chi connectivity index (χ4v) is 6.31.